The van der Waals surface area contributed by atoms with Crippen LogP contribution < -0.4 is 0 Å². The van der Waals surface area contributed by atoms with Gasteiger partial charge in [-0.15, -0.1) is 0 Å². The summed E-state index contributed by atoms with van der Waals surface area (Å²) in [6, 6.07) is 2.14. The highest BCUT2D eigenvalue weighted by atomic mass is 16.3. The molecule has 0 aromatic rings. The predicted octanol–water partition coefficient (Wildman–Crippen LogP) is 0.747. The molecule has 0 bridgehead atoms. The van der Waals surface area contributed by atoms with Crippen LogP contribution in [-0.2, 0) is 0 Å². The summed E-state index contributed by atoms with van der Waals surface area (Å²) in [5, 5.41) is 17.8. The van der Waals surface area contributed by atoms with E-state index in [2.05, 4.69) is 11.0 Å². The molecule has 1 aliphatic heterocycles. The number of nitrogens with zero attached hydrogens (tertiary/aromatic N) is 2. The third-order valence-corrected chi connectivity index (χ3v) is 2.76. The van der Waals surface area contributed by atoms with E-state index in [1.54, 1.807) is 0 Å². The van der Waals surface area contributed by atoms with Crippen LogP contribution in [0.3, 0.4) is 0 Å². The number of aliphatic hydroxyl groups excluding tert-OH is 1. The largest absolute Gasteiger partial charge is 0.394 e. The zero-order chi connectivity index (χ0) is 9.03. The first-order chi connectivity index (χ1) is 5.73. The molecule has 68 valence electrons. The maximum absolute atomic E-state index is 9.20. The predicted molar refractivity (Wildman–Crippen MR) is 46.5 cm³/mol. The molecule has 1 rings (SSSR count). The molecule has 0 aliphatic carbocycles. The number of likely N-dealkylation sites (tertiary alicyclic amines) is 1. The summed E-state index contributed by atoms with van der Waals surface area (Å²) in [6.45, 7) is 3.58. The molecule has 1 unspecified atom stereocenters. The third kappa shape index (κ3) is 1.77. The van der Waals surface area contributed by atoms with Gasteiger partial charge in [-0.3, -0.25) is 4.90 Å². The standard InChI is InChI=1S/C9H16N2O/c1-9(8-12)4-2-3-6-11(9)7-5-10/h12H,2-4,6-8H2,1H3. The molecule has 0 aromatic carbocycles. The molecule has 0 saturated carbocycles. The second-order valence-corrected chi connectivity index (χ2v) is 3.69. The summed E-state index contributed by atoms with van der Waals surface area (Å²) < 4.78 is 0. The van der Waals surface area contributed by atoms with Crippen molar-refractivity contribution in [1.82, 2.24) is 4.90 Å². The monoisotopic (exact) mass is 168 g/mol. The number of nitriles is 1. The fourth-order valence-corrected chi connectivity index (χ4v) is 1.77. The van der Waals surface area contributed by atoms with E-state index in [9.17, 15) is 5.11 Å². The smallest absolute Gasteiger partial charge is 0.0871 e. The number of hydrogen-bond donors (Lipinski definition) is 1. The highest BCUT2D eigenvalue weighted by Gasteiger charge is 2.33. The van der Waals surface area contributed by atoms with E-state index >= 15 is 0 Å². The van der Waals surface area contributed by atoms with Crippen LogP contribution in [0.4, 0.5) is 0 Å². The van der Waals surface area contributed by atoms with E-state index in [4.69, 9.17) is 5.26 Å². The van der Waals surface area contributed by atoms with Crippen molar-refractivity contribution in [3.05, 3.63) is 0 Å². The Labute approximate surface area is 73.6 Å². The van der Waals surface area contributed by atoms with Gasteiger partial charge in [-0.05, 0) is 26.3 Å². The van der Waals surface area contributed by atoms with E-state index in [0.29, 0.717) is 6.54 Å². The molecule has 1 aliphatic rings. The van der Waals surface area contributed by atoms with Crippen LogP contribution in [0.25, 0.3) is 0 Å². The zero-order valence-corrected chi connectivity index (χ0v) is 7.58. The summed E-state index contributed by atoms with van der Waals surface area (Å²) in [7, 11) is 0. The lowest BCUT2D eigenvalue weighted by molar-refractivity contribution is 0.0223. The minimum atomic E-state index is -0.145. The Morgan fingerprint density at radius 3 is 2.92 bits per heavy atom. The van der Waals surface area contributed by atoms with Crippen molar-refractivity contribution < 1.29 is 5.11 Å². The summed E-state index contributed by atoms with van der Waals surface area (Å²) in [5.41, 5.74) is -0.145. The average molecular weight is 168 g/mol. The van der Waals surface area contributed by atoms with E-state index < -0.39 is 0 Å². The Morgan fingerprint density at radius 2 is 2.33 bits per heavy atom. The fourth-order valence-electron chi connectivity index (χ4n) is 1.77. The SMILES string of the molecule is CC1(CO)CCCCN1CC#N. The van der Waals surface area contributed by atoms with Crippen molar-refractivity contribution in [3.8, 4) is 6.07 Å². The Morgan fingerprint density at radius 1 is 1.58 bits per heavy atom. The second kappa shape index (κ2) is 3.88. The summed E-state index contributed by atoms with van der Waals surface area (Å²) in [5.74, 6) is 0. The van der Waals surface area contributed by atoms with Gasteiger partial charge in [0, 0.05) is 5.54 Å². The first kappa shape index (κ1) is 9.50. The molecule has 0 radical (unpaired) electrons. The molecule has 1 fully saturated rings. The van der Waals surface area contributed by atoms with E-state index in [1.807, 2.05) is 6.92 Å². The number of aliphatic hydroxyl groups is 1. The highest BCUT2D eigenvalue weighted by Crippen LogP contribution is 2.26. The van der Waals surface area contributed by atoms with Gasteiger partial charge < -0.3 is 5.11 Å². The Bertz CT molecular complexity index is 187. The van der Waals surface area contributed by atoms with Gasteiger partial charge in [-0.2, -0.15) is 5.26 Å². The number of hydrogen-bond acceptors (Lipinski definition) is 3. The molecule has 12 heavy (non-hydrogen) atoms. The minimum absolute atomic E-state index is 0.145. The van der Waals surface area contributed by atoms with Gasteiger partial charge in [0.2, 0.25) is 0 Å². The van der Waals surface area contributed by atoms with Crippen molar-refractivity contribution in [2.45, 2.75) is 31.7 Å². The zero-order valence-electron chi connectivity index (χ0n) is 7.58. The molecule has 0 amide bonds. The molecule has 0 aromatic heterocycles. The van der Waals surface area contributed by atoms with Gasteiger partial charge in [0.15, 0.2) is 0 Å². The van der Waals surface area contributed by atoms with Crippen LogP contribution in [0.1, 0.15) is 26.2 Å². The lowest BCUT2D eigenvalue weighted by Crippen LogP contribution is -2.52. The van der Waals surface area contributed by atoms with Gasteiger partial charge in [0.1, 0.15) is 0 Å². The lowest BCUT2D eigenvalue weighted by atomic mass is 9.89. The van der Waals surface area contributed by atoms with Crippen LogP contribution in [0, 0.1) is 11.3 Å². The third-order valence-electron chi connectivity index (χ3n) is 2.76. The number of rotatable bonds is 2. The second-order valence-electron chi connectivity index (χ2n) is 3.69. The molecule has 3 nitrogen and oxygen atoms in total. The Hall–Kier alpha value is -0.590. The Kier molecular flexibility index (Phi) is 3.07. The van der Waals surface area contributed by atoms with E-state index in [0.717, 1.165) is 19.4 Å². The normalized spacial score (nSPS) is 31.4. The average Bonchev–Trinajstić information content (AvgIpc) is 2.10. The van der Waals surface area contributed by atoms with Crippen LogP contribution in [0.5, 0.6) is 0 Å². The van der Waals surface area contributed by atoms with Crippen molar-refractivity contribution in [1.29, 1.82) is 5.26 Å². The van der Waals surface area contributed by atoms with Crippen molar-refractivity contribution in [2.24, 2.45) is 0 Å². The van der Waals surface area contributed by atoms with Crippen molar-refractivity contribution in [3.63, 3.8) is 0 Å². The van der Waals surface area contributed by atoms with Gasteiger partial charge in [-0.25, -0.2) is 0 Å². The minimum Gasteiger partial charge on any atom is -0.394 e. The fraction of sp³-hybridized carbons (Fsp3) is 0.889. The summed E-state index contributed by atoms with van der Waals surface area (Å²) in [6.07, 6.45) is 3.32. The molecular weight excluding hydrogens is 152 g/mol. The van der Waals surface area contributed by atoms with Crippen LogP contribution >= 0.6 is 0 Å². The molecule has 1 heterocycles. The summed E-state index contributed by atoms with van der Waals surface area (Å²) in [4.78, 5) is 2.08. The van der Waals surface area contributed by atoms with Gasteiger partial charge in [0.25, 0.3) is 0 Å². The summed E-state index contributed by atoms with van der Waals surface area (Å²) >= 11 is 0. The van der Waals surface area contributed by atoms with Gasteiger partial charge in [-0.1, -0.05) is 6.42 Å². The van der Waals surface area contributed by atoms with Crippen molar-refractivity contribution >= 4 is 0 Å². The molecule has 3 heteroatoms. The van der Waals surface area contributed by atoms with Crippen LogP contribution in [0.2, 0.25) is 0 Å². The molecule has 1 atom stereocenters. The van der Waals surface area contributed by atoms with Crippen LogP contribution in [0.15, 0.2) is 0 Å². The lowest BCUT2D eigenvalue weighted by Gasteiger charge is -2.42. The topological polar surface area (TPSA) is 47.3 Å². The maximum Gasteiger partial charge on any atom is 0.0871 e. The maximum atomic E-state index is 9.20. The first-order valence-corrected chi connectivity index (χ1v) is 4.46. The van der Waals surface area contributed by atoms with E-state index in [1.165, 1.54) is 6.42 Å². The van der Waals surface area contributed by atoms with Gasteiger partial charge >= 0.3 is 0 Å². The molecule has 1 N–H and O–H groups in total. The highest BCUT2D eigenvalue weighted by molar-refractivity contribution is 4.93. The first-order valence-electron chi connectivity index (χ1n) is 4.46. The number of piperidine rings is 1. The van der Waals surface area contributed by atoms with E-state index in [-0.39, 0.29) is 12.1 Å². The van der Waals surface area contributed by atoms with Crippen molar-refractivity contribution in [2.75, 3.05) is 19.7 Å². The quantitative estimate of drug-likeness (QED) is 0.619. The molecule has 0 spiro atoms. The van der Waals surface area contributed by atoms with Gasteiger partial charge in [0.05, 0.1) is 19.2 Å². The Balaban J connectivity index is 2.61. The molecular formula is C9H16N2O. The van der Waals surface area contributed by atoms with Crippen LogP contribution in [-0.4, -0.2) is 35.2 Å². The molecule has 1 saturated heterocycles.